The van der Waals surface area contributed by atoms with E-state index in [4.69, 9.17) is 14.5 Å². The zero-order valence-corrected chi connectivity index (χ0v) is 21.0. The second kappa shape index (κ2) is 15.0. The van der Waals surface area contributed by atoms with Gasteiger partial charge in [-0.25, -0.2) is 4.98 Å². The Bertz CT molecular complexity index is 993. The molecule has 0 aliphatic carbocycles. The molecule has 0 spiro atoms. The summed E-state index contributed by atoms with van der Waals surface area (Å²) in [5.41, 5.74) is 2.98. The summed E-state index contributed by atoms with van der Waals surface area (Å²) >= 11 is 0. The van der Waals surface area contributed by atoms with Gasteiger partial charge in [-0.2, -0.15) is 0 Å². The lowest BCUT2D eigenvalue weighted by atomic mass is 10.0. The number of nitrogens with zero attached hydrogens (tertiary/aromatic N) is 3. The van der Waals surface area contributed by atoms with Gasteiger partial charge in [-0.1, -0.05) is 65.0 Å². The molecule has 0 fully saturated rings. The van der Waals surface area contributed by atoms with Crippen molar-refractivity contribution >= 4 is 5.82 Å². The molecule has 1 heterocycles. The van der Waals surface area contributed by atoms with Crippen molar-refractivity contribution in [2.75, 3.05) is 38.7 Å². The molecule has 3 aromatic rings. The van der Waals surface area contributed by atoms with E-state index in [0.717, 1.165) is 61.7 Å². The molecule has 1 N–H and O–H groups in total. The molecular weight excluding hydrogens is 436 g/mol. The largest absolute Gasteiger partial charge is 0.493 e. The van der Waals surface area contributed by atoms with E-state index in [1.165, 1.54) is 5.56 Å². The molecule has 6 heteroatoms. The van der Waals surface area contributed by atoms with Crippen molar-refractivity contribution in [3.63, 3.8) is 0 Å². The van der Waals surface area contributed by atoms with Crippen LogP contribution in [0, 0.1) is 0 Å². The lowest BCUT2D eigenvalue weighted by Crippen LogP contribution is -2.25. The van der Waals surface area contributed by atoms with E-state index in [0.29, 0.717) is 12.4 Å². The summed E-state index contributed by atoms with van der Waals surface area (Å²) in [4.78, 5) is 11.7. The fourth-order valence-electron chi connectivity index (χ4n) is 4.01. The monoisotopic (exact) mass is 478 g/mol. The molecule has 6 nitrogen and oxygen atoms in total. The summed E-state index contributed by atoms with van der Waals surface area (Å²) in [6.07, 6.45) is 6.63. The summed E-state index contributed by atoms with van der Waals surface area (Å²) in [5, 5.41) is 3.57. The van der Waals surface area contributed by atoms with Crippen molar-refractivity contribution in [2.45, 2.75) is 53.5 Å². The average Bonchev–Trinajstić information content (AvgIpc) is 2.89. The van der Waals surface area contributed by atoms with E-state index in [9.17, 15) is 0 Å². The van der Waals surface area contributed by atoms with Crippen LogP contribution < -0.4 is 14.8 Å². The Kier molecular flexibility index (Phi) is 12.0. The van der Waals surface area contributed by atoms with Crippen molar-refractivity contribution in [1.29, 1.82) is 0 Å². The van der Waals surface area contributed by atoms with Gasteiger partial charge in [0.15, 0.2) is 11.5 Å². The second-order valence-electron chi connectivity index (χ2n) is 8.28. The maximum absolute atomic E-state index is 6.01. The number of hydrogen-bond donors (Lipinski definition) is 1. The van der Waals surface area contributed by atoms with E-state index in [2.05, 4.69) is 60.2 Å². The summed E-state index contributed by atoms with van der Waals surface area (Å²) in [6.45, 7) is 10.4. The Hall–Kier alpha value is -3.12. The molecule has 0 radical (unpaired) electrons. The number of methoxy groups -OCH3 is 1. The van der Waals surface area contributed by atoms with Crippen molar-refractivity contribution in [1.82, 2.24) is 14.9 Å². The molecule has 35 heavy (non-hydrogen) atoms. The number of anilines is 1. The fourth-order valence-corrected chi connectivity index (χ4v) is 4.01. The Balaban J connectivity index is 0.00000432. The minimum Gasteiger partial charge on any atom is -0.493 e. The molecule has 0 amide bonds. The molecule has 1 atom stereocenters. The molecule has 0 aliphatic heterocycles. The van der Waals surface area contributed by atoms with Crippen molar-refractivity contribution in [2.24, 2.45) is 0 Å². The van der Waals surface area contributed by atoms with Gasteiger partial charge in [0, 0.05) is 12.1 Å². The van der Waals surface area contributed by atoms with Crippen molar-refractivity contribution in [3.05, 3.63) is 66.5 Å². The minimum absolute atomic E-state index is 0. The number of hydrogen-bond acceptors (Lipinski definition) is 6. The van der Waals surface area contributed by atoms with Crippen LogP contribution in [0.5, 0.6) is 11.5 Å². The molecule has 0 aliphatic rings. The van der Waals surface area contributed by atoms with Gasteiger partial charge in [0.2, 0.25) is 0 Å². The van der Waals surface area contributed by atoms with Gasteiger partial charge < -0.3 is 19.7 Å². The van der Waals surface area contributed by atoms with Gasteiger partial charge in [-0.05, 0) is 49.7 Å². The van der Waals surface area contributed by atoms with Crippen molar-refractivity contribution in [3.8, 4) is 22.8 Å². The Morgan fingerprint density at radius 3 is 2.43 bits per heavy atom. The lowest BCUT2D eigenvalue weighted by molar-refractivity contribution is 0.242. The van der Waals surface area contributed by atoms with Gasteiger partial charge in [0.05, 0.1) is 37.8 Å². The standard InChI is InChI=1S/C28H38N4O2.CH4/c1-5-12-24(22-13-9-8-10-14-22)30-28-21-29-20-25(31-28)23-15-16-26(27(19-23)33-4)34-18-11-17-32(6-2)7-3;/h8-10,13-16,19-21,24H,5-7,11-12,17-18H2,1-4H3,(H,30,31);1H4. The molecular formula is C29H42N4O2. The van der Waals surface area contributed by atoms with Crippen LogP contribution in [0.3, 0.4) is 0 Å². The van der Waals surface area contributed by atoms with E-state index >= 15 is 0 Å². The van der Waals surface area contributed by atoms with E-state index < -0.39 is 0 Å². The molecule has 1 unspecified atom stereocenters. The van der Waals surface area contributed by atoms with Crippen LogP contribution in [-0.2, 0) is 0 Å². The highest BCUT2D eigenvalue weighted by atomic mass is 16.5. The highest BCUT2D eigenvalue weighted by Crippen LogP contribution is 2.32. The fraction of sp³-hybridized carbons (Fsp3) is 0.448. The summed E-state index contributed by atoms with van der Waals surface area (Å²) in [7, 11) is 1.67. The molecule has 0 saturated carbocycles. The number of aromatic nitrogens is 2. The van der Waals surface area contributed by atoms with Crippen LogP contribution >= 0.6 is 0 Å². The second-order valence-corrected chi connectivity index (χ2v) is 8.28. The minimum atomic E-state index is 0. The Morgan fingerprint density at radius 2 is 1.74 bits per heavy atom. The lowest BCUT2D eigenvalue weighted by Gasteiger charge is -2.19. The van der Waals surface area contributed by atoms with Crippen LogP contribution in [0.2, 0.25) is 0 Å². The zero-order chi connectivity index (χ0) is 24.2. The zero-order valence-electron chi connectivity index (χ0n) is 21.0. The maximum Gasteiger partial charge on any atom is 0.161 e. The average molecular weight is 479 g/mol. The Morgan fingerprint density at radius 1 is 0.971 bits per heavy atom. The number of ether oxygens (including phenoxy) is 2. The highest BCUT2D eigenvalue weighted by molar-refractivity contribution is 5.64. The van der Waals surface area contributed by atoms with Gasteiger partial charge in [-0.3, -0.25) is 4.98 Å². The van der Waals surface area contributed by atoms with Gasteiger partial charge in [0.25, 0.3) is 0 Å². The summed E-state index contributed by atoms with van der Waals surface area (Å²) < 4.78 is 11.6. The first kappa shape index (κ1) is 28.1. The molecule has 0 saturated heterocycles. The third kappa shape index (κ3) is 8.25. The predicted octanol–water partition coefficient (Wildman–Crippen LogP) is 6.85. The third-order valence-electron chi connectivity index (χ3n) is 5.97. The summed E-state index contributed by atoms with van der Waals surface area (Å²) in [5.74, 6) is 2.21. The van der Waals surface area contributed by atoms with Crippen molar-refractivity contribution < 1.29 is 9.47 Å². The molecule has 3 rings (SSSR count). The van der Waals surface area contributed by atoms with Crippen LogP contribution in [0.4, 0.5) is 5.82 Å². The number of benzene rings is 2. The first-order chi connectivity index (χ1) is 16.7. The van der Waals surface area contributed by atoms with Crippen LogP contribution in [-0.4, -0.2) is 48.2 Å². The normalized spacial score (nSPS) is 11.6. The van der Waals surface area contributed by atoms with Gasteiger partial charge in [0.1, 0.15) is 5.82 Å². The van der Waals surface area contributed by atoms with Gasteiger partial charge in [-0.15, -0.1) is 0 Å². The Labute approximate surface area is 211 Å². The molecule has 190 valence electrons. The third-order valence-corrected chi connectivity index (χ3v) is 5.97. The first-order valence-corrected chi connectivity index (χ1v) is 12.4. The predicted molar refractivity (Wildman–Crippen MR) is 146 cm³/mol. The quantitative estimate of drug-likeness (QED) is 0.256. The first-order valence-electron chi connectivity index (χ1n) is 12.4. The number of nitrogens with one attached hydrogen (secondary N) is 1. The maximum atomic E-state index is 6.01. The van der Waals surface area contributed by atoms with Crippen LogP contribution in [0.1, 0.15) is 59.1 Å². The molecule has 1 aromatic heterocycles. The smallest absolute Gasteiger partial charge is 0.161 e. The summed E-state index contributed by atoms with van der Waals surface area (Å²) in [6, 6.07) is 16.6. The number of rotatable bonds is 14. The van der Waals surface area contributed by atoms with E-state index in [-0.39, 0.29) is 13.5 Å². The van der Waals surface area contributed by atoms with E-state index in [1.54, 1.807) is 19.5 Å². The van der Waals surface area contributed by atoms with E-state index in [1.807, 2.05) is 24.3 Å². The van der Waals surface area contributed by atoms with Crippen LogP contribution in [0.15, 0.2) is 60.9 Å². The van der Waals surface area contributed by atoms with Gasteiger partial charge >= 0.3 is 0 Å². The molecule has 2 aromatic carbocycles. The molecule has 0 bridgehead atoms. The highest BCUT2D eigenvalue weighted by Gasteiger charge is 2.13. The topological polar surface area (TPSA) is 59.5 Å². The SMILES string of the molecule is C.CCCC(Nc1cncc(-c2ccc(OCCCN(CC)CC)c(OC)c2)n1)c1ccccc1. The van der Waals surface area contributed by atoms with Crippen LogP contribution in [0.25, 0.3) is 11.3 Å².